The highest BCUT2D eigenvalue weighted by Crippen LogP contribution is 2.68. The van der Waals surface area contributed by atoms with Gasteiger partial charge in [-0.15, -0.1) is 0 Å². The zero-order valence-corrected chi connectivity index (χ0v) is 32.6. The molecule has 8 saturated carbocycles. The van der Waals surface area contributed by atoms with E-state index in [1.54, 1.807) is 13.8 Å². The van der Waals surface area contributed by atoms with Gasteiger partial charge in [-0.2, -0.15) is 0 Å². The van der Waals surface area contributed by atoms with Crippen LogP contribution in [0.15, 0.2) is 0 Å². The van der Waals surface area contributed by atoms with Gasteiger partial charge in [-0.3, -0.25) is 24.0 Å². The molecule has 294 valence electrons. The van der Waals surface area contributed by atoms with Crippen LogP contribution in [0.3, 0.4) is 0 Å². The standard InChI is InChI=1S/C42H60O11/c1-7-37(5,32(46)51-24-36(4)22-49-23-36)19-38(6,33(47)53-41-14-27-9-28(16-41)29-17-50-34(48)42(29,15-27)21-41)18-35(2,3)31(45)52-40-12-25-8-26(13-40)11-39(10-25,20-40)30(43)44/h25-29H,7-24H2,1-6H3,(H,43,44). The summed E-state index contributed by atoms with van der Waals surface area (Å²) in [4.78, 5) is 69.2. The van der Waals surface area contributed by atoms with Gasteiger partial charge in [-0.25, -0.2) is 0 Å². The van der Waals surface area contributed by atoms with E-state index in [-0.39, 0.29) is 60.4 Å². The second-order valence-corrected chi connectivity index (χ2v) is 21.3. The summed E-state index contributed by atoms with van der Waals surface area (Å²) in [6, 6.07) is 0. The third-order valence-corrected chi connectivity index (χ3v) is 15.8. The normalized spacial score (nSPS) is 42.1. The van der Waals surface area contributed by atoms with Gasteiger partial charge in [0.25, 0.3) is 0 Å². The highest BCUT2D eigenvalue weighted by Gasteiger charge is 2.70. The zero-order valence-electron chi connectivity index (χ0n) is 32.6. The molecule has 10 rings (SSSR count). The van der Waals surface area contributed by atoms with E-state index in [9.17, 15) is 24.3 Å². The molecule has 53 heavy (non-hydrogen) atoms. The molecule has 8 aliphatic carbocycles. The fourth-order valence-electron chi connectivity index (χ4n) is 13.8. The number of cyclic esters (lactones) is 1. The van der Waals surface area contributed by atoms with Crippen molar-refractivity contribution in [2.45, 2.75) is 143 Å². The van der Waals surface area contributed by atoms with Gasteiger partial charge in [0.05, 0.1) is 46.9 Å². The number of rotatable bonds is 13. The molecule has 0 aromatic carbocycles. The number of hydrogen-bond donors (Lipinski definition) is 1. The number of aliphatic carboxylic acids is 1. The van der Waals surface area contributed by atoms with E-state index in [1.165, 1.54) is 0 Å². The predicted molar refractivity (Wildman–Crippen MR) is 189 cm³/mol. The molecule has 2 saturated heterocycles. The molecule has 1 spiro atoms. The minimum absolute atomic E-state index is 0.0534. The Morgan fingerprint density at radius 3 is 2.02 bits per heavy atom. The average molecular weight is 741 g/mol. The second-order valence-electron chi connectivity index (χ2n) is 21.3. The molecule has 9 atom stereocenters. The topological polar surface area (TPSA) is 152 Å². The van der Waals surface area contributed by atoms with E-state index >= 15 is 4.79 Å². The number of hydrogen-bond acceptors (Lipinski definition) is 10. The van der Waals surface area contributed by atoms with E-state index in [0.717, 1.165) is 19.3 Å². The Kier molecular flexibility index (Phi) is 8.37. The van der Waals surface area contributed by atoms with Crippen molar-refractivity contribution in [2.75, 3.05) is 26.4 Å². The maximum Gasteiger partial charge on any atom is 0.312 e. The van der Waals surface area contributed by atoms with Crippen molar-refractivity contribution < 1.29 is 52.8 Å². The molecular formula is C42H60O11. The summed E-state index contributed by atoms with van der Waals surface area (Å²) < 4.78 is 30.2. The highest BCUT2D eigenvalue weighted by molar-refractivity contribution is 5.84. The van der Waals surface area contributed by atoms with E-state index < -0.39 is 62.2 Å². The van der Waals surface area contributed by atoms with Crippen LogP contribution >= 0.6 is 0 Å². The van der Waals surface area contributed by atoms with Crippen LogP contribution in [-0.4, -0.2) is 72.6 Å². The van der Waals surface area contributed by atoms with E-state index in [0.29, 0.717) is 77.6 Å². The molecule has 0 amide bonds. The molecule has 0 radical (unpaired) electrons. The lowest BCUT2D eigenvalue weighted by molar-refractivity contribution is -0.223. The van der Waals surface area contributed by atoms with Gasteiger partial charge in [-0.1, -0.05) is 13.8 Å². The summed E-state index contributed by atoms with van der Waals surface area (Å²) in [7, 11) is 0. The first kappa shape index (κ1) is 37.2. The minimum atomic E-state index is -1.31. The van der Waals surface area contributed by atoms with Crippen molar-refractivity contribution in [3.63, 3.8) is 0 Å². The first-order valence-electron chi connectivity index (χ1n) is 20.3. The van der Waals surface area contributed by atoms with Gasteiger partial charge in [0, 0.05) is 24.2 Å². The lowest BCUT2D eigenvalue weighted by Crippen LogP contribution is -2.63. The number of ether oxygens (including phenoxy) is 5. The van der Waals surface area contributed by atoms with Crippen molar-refractivity contribution in [2.24, 2.45) is 62.1 Å². The summed E-state index contributed by atoms with van der Waals surface area (Å²) in [6.45, 7) is 12.8. The molecule has 1 N–H and O–H groups in total. The van der Waals surface area contributed by atoms with Crippen molar-refractivity contribution in [3.8, 4) is 0 Å². The van der Waals surface area contributed by atoms with Crippen LogP contribution in [0.2, 0.25) is 0 Å². The van der Waals surface area contributed by atoms with E-state index in [1.807, 2.05) is 27.7 Å². The zero-order chi connectivity index (χ0) is 38.0. The third kappa shape index (κ3) is 5.94. The van der Waals surface area contributed by atoms with Crippen molar-refractivity contribution in [1.29, 1.82) is 0 Å². The predicted octanol–water partition coefficient (Wildman–Crippen LogP) is 6.43. The first-order valence-corrected chi connectivity index (χ1v) is 20.3. The molecule has 8 bridgehead atoms. The molecule has 10 fully saturated rings. The molecule has 11 heteroatoms. The van der Waals surface area contributed by atoms with E-state index in [2.05, 4.69) is 0 Å². The summed E-state index contributed by atoms with van der Waals surface area (Å²) in [5.74, 6) is -1.18. The summed E-state index contributed by atoms with van der Waals surface area (Å²) in [6.07, 6.45) is 8.06. The summed E-state index contributed by atoms with van der Waals surface area (Å²) in [5.41, 5.74) is -6.91. The van der Waals surface area contributed by atoms with Gasteiger partial charge in [0.15, 0.2) is 0 Å². The van der Waals surface area contributed by atoms with E-state index in [4.69, 9.17) is 23.7 Å². The SMILES string of the molecule is CCC(C)(CC(C)(CC(C)(C)C(=O)OC12CC3CC(C1)CC(C(=O)O)(C3)C2)C(=O)OC12CC3CC(C1)C1COC(=O)C1(C3)C2)C(=O)OCC1(C)COC1. The lowest BCUT2D eigenvalue weighted by atomic mass is 9.44. The van der Waals surface area contributed by atoms with Crippen LogP contribution in [0, 0.1) is 62.1 Å². The third-order valence-electron chi connectivity index (χ3n) is 15.8. The van der Waals surface area contributed by atoms with Gasteiger partial charge in [0.2, 0.25) is 0 Å². The highest BCUT2D eigenvalue weighted by atomic mass is 16.6. The molecule has 2 aliphatic heterocycles. The molecular weight excluding hydrogens is 680 g/mol. The van der Waals surface area contributed by atoms with Crippen LogP contribution in [0.1, 0.15) is 131 Å². The number of carboxylic acids is 1. The fraction of sp³-hybridized carbons (Fsp3) is 0.881. The van der Waals surface area contributed by atoms with Gasteiger partial charge in [-0.05, 0) is 128 Å². The second kappa shape index (κ2) is 11.9. The maximum absolute atomic E-state index is 15.0. The number of carboxylic acid groups (broad SMARTS) is 1. The van der Waals surface area contributed by atoms with Crippen LogP contribution in [0.4, 0.5) is 0 Å². The van der Waals surface area contributed by atoms with Gasteiger partial charge in [0.1, 0.15) is 17.8 Å². The fourth-order valence-corrected chi connectivity index (χ4v) is 13.8. The molecule has 2 heterocycles. The van der Waals surface area contributed by atoms with Crippen LogP contribution in [0.25, 0.3) is 0 Å². The quantitative estimate of drug-likeness (QED) is 0.164. The molecule has 0 aromatic heterocycles. The average Bonchev–Trinajstić information content (AvgIpc) is 3.35. The Hall–Kier alpha value is -2.69. The Morgan fingerprint density at radius 2 is 1.42 bits per heavy atom. The summed E-state index contributed by atoms with van der Waals surface area (Å²) in [5, 5.41) is 10.3. The van der Waals surface area contributed by atoms with Crippen molar-refractivity contribution >= 4 is 29.8 Å². The van der Waals surface area contributed by atoms with Crippen molar-refractivity contribution in [3.05, 3.63) is 0 Å². The molecule has 9 unspecified atom stereocenters. The van der Waals surface area contributed by atoms with Gasteiger partial charge >= 0.3 is 29.8 Å². The number of carbonyl (C=O) groups is 5. The Labute approximate surface area is 313 Å². The molecule has 10 aliphatic rings. The lowest BCUT2D eigenvalue weighted by Gasteiger charge is -2.61. The Morgan fingerprint density at radius 1 is 0.792 bits per heavy atom. The summed E-state index contributed by atoms with van der Waals surface area (Å²) >= 11 is 0. The van der Waals surface area contributed by atoms with Crippen molar-refractivity contribution in [1.82, 2.24) is 0 Å². The molecule has 0 aromatic rings. The van der Waals surface area contributed by atoms with Crippen LogP contribution in [0.5, 0.6) is 0 Å². The number of esters is 4. The largest absolute Gasteiger partial charge is 0.481 e. The monoisotopic (exact) mass is 740 g/mol. The smallest absolute Gasteiger partial charge is 0.312 e. The minimum Gasteiger partial charge on any atom is -0.481 e. The Bertz CT molecular complexity index is 1580. The maximum atomic E-state index is 15.0. The van der Waals surface area contributed by atoms with Crippen LogP contribution in [-0.2, 0) is 47.7 Å². The van der Waals surface area contributed by atoms with Gasteiger partial charge < -0.3 is 28.8 Å². The first-order chi connectivity index (χ1) is 24.7. The van der Waals surface area contributed by atoms with Crippen LogP contribution < -0.4 is 0 Å². The molecule has 11 nitrogen and oxygen atoms in total. The Balaban J connectivity index is 1.06. The number of carbonyl (C=O) groups excluding carboxylic acids is 4.